The normalized spacial score (nSPS) is 13.9. The molecule has 1 aromatic rings. The summed E-state index contributed by atoms with van der Waals surface area (Å²) in [5.41, 5.74) is 8.05. The number of hydrogen-bond acceptors (Lipinski definition) is 2. The number of halogens is 2. The summed E-state index contributed by atoms with van der Waals surface area (Å²) in [6.45, 7) is 4.07. The van der Waals surface area contributed by atoms with E-state index in [0.29, 0.717) is 5.02 Å². The van der Waals surface area contributed by atoms with Gasteiger partial charge in [0.2, 0.25) is 0 Å². The van der Waals surface area contributed by atoms with Gasteiger partial charge in [0.05, 0.1) is 12.1 Å². The van der Waals surface area contributed by atoms with Gasteiger partial charge in [-0.2, -0.15) is 0 Å². The number of benzene rings is 1. The molecule has 0 aromatic heterocycles. The van der Waals surface area contributed by atoms with E-state index in [4.69, 9.17) is 17.3 Å². The Morgan fingerprint density at radius 3 is 2.59 bits per heavy atom. The molecular formula is C13H21Cl2NO. The lowest BCUT2D eigenvalue weighted by molar-refractivity contribution is 0.132. The van der Waals surface area contributed by atoms with Crippen LogP contribution in [-0.2, 0) is 0 Å². The van der Waals surface area contributed by atoms with E-state index in [0.717, 1.165) is 30.4 Å². The second-order valence-corrected chi connectivity index (χ2v) is 4.67. The van der Waals surface area contributed by atoms with Crippen molar-refractivity contribution in [1.82, 2.24) is 0 Å². The Kier molecular flexibility index (Phi) is 7.80. The fraction of sp³-hybridized carbons (Fsp3) is 0.538. The van der Waals surface area contributed by atoms with Crippen LogP contribution in [0.5, 0.6) is 0 Å². The summed E-state index contributed by atoms with van der Waals surface area (Å²) in [5, 5.41) is 10.6. The van der Waals surface area contributed by atoms with Gasteiger partial charge in [0.15, 0.2) is 0 Å². The van der Waals surface area contributed by atoms with Gasteiger partial charge in [0.1, 0.15) is 0 Å². The van der Waals surface area contributed by atoms with E-state index >= 15 is 0 Å². The number of aryl methyl sites for hydroxylation is 1. The van der Waals surface area contributed by atoms with Crippen LogP contribution in [0.3, 0.4) is 0 Å². The van der Waals surface area contributed by atoms with E-state index in [1.54, 1.807) is 0 Å². The average Bonchev–Trinajstić information content (AvgIpc) is 2.25. The van der Waals surface area contributed by atoms with Crippen LogP contribution in [0.25, 0.3) is 0 Å². The molecule has 98 valence electrons. The lowest BCUT2D eigenvalue weighted by atomic mass is 9.95. The van der Waals surface area contributed by atoms with Crippen molar-refractivity contribution in [2.24, 2.45) is 5.73 Å². The highest BCUT2D eigenvalue weighted by atomic mass is 35.5. The molecule has 4 heteroatoms. The number of hydrogen-bond donors (Lipinski definition) is 2. The number of aliphatic hydroxyl groups excluding tert-OH is 1. The average molecular weight is 278 g/mol. The van der Waals surface area contributed by atoms with Crippen molar-refractivity contribution in [3.63, 3.8) is 0 Å². The molecule has 0 spiro atoms. The second-order valence-electron chi connectivity index (χ2n) is 4.24. The summed E-state index contributed by atoms with van der Waals surface area (Å²) in [7, 11) is 0. The molecule has 0 aliphatic carbocycles. The van der Waals surface area contributed by atoms with Gasteiger partial charge in [-0.15, -0.1) is 12.4 Å². The van der Waals surface area contributed by atoms with Gasteiger partial charge < -0.3 is 10.8 Å². The van der Waals surface area contributed by atoms with Crippen LogP contribution in [0.2, 0.25) is 5.02 Å². The minimum absolute atomic E-state index is 0. The van der Waals surface area contributed by atoms with E-state index in [1.807, 2.05) is 25.1 Å². The summed E-state index contributed by atoms with van der Waals surface area (Å²) >= 11 is 5.88. The molecule has 0 aliphatic heterocycles. The summed E-state index contributed by atoms with van der Waals surface area (Å²) < 4.78 is 0. The first-order valence-corrected chi connectivity index (χ1v) is 6.13. The molecule has 17 heavy (non-hydrogen) atoms. The number of aliphatic hydroxyl groups is 1. The standard InChI is InChI=1S/C13H20ClNO.ClH/c1-3-4-5-12(16)13(15)11-7-6-10(14)8-9(11)2;/h6-8,12-13,16H,3-5,15H2,1-2H3;1H/t12-,13+;/m1./s1. The summed E-state index contributed by atoms with van der Waals surface area (Å²) in [4.78, 5) is 0. The highest BCUT2D eigenvalue weighted by Crippen LogP contribution is 2.23. The van der Waals surface area contributed by atoms with Crippen molar-refractivity contribution >= 4 is 24.0 Å². The molecule has 1 rings (SSSR count). The summed E-state index contributed by atoms with van der Waals surface area (Å²) in [6.07, 6.45) is 2.35. The van der Waals surface area contributed by atoms with E-state index in [9.17, 15) is 5.11 Å². The van der Waals surface area contributed by atoms with Crippen molar-refractivity contribution in [2.45, 2.75) is 45.3 Å². The van der Waals surface area contributed by atoms with Gasteiger partial charge in [-0.1, -0.05) is 37.4 Å². The number of nitrogens with two attached hydrogens (primary N) is 1. The Bertz CT molecular complexity index is 344. The van der Waals surface area contributed by atoms with E-state index < -0.39 is 6.10 Å². The summed E-state index contributed by atoms with van der Waals surface area (Å²) in [6, 6.07) is 5.28. The maximum atomic E-state index is 9.94. The first-order valence-electron chi connectivity index (χ1n) is 5.76. The van der Waals surface area contributed by atoms with Gasteiger partial charge in [-0.3, -0.25) is 0 Å². The maximum absolute atomic E-state index is 9.94. The molecule has 0 fully saturated rings. The quantitative estimate of drug-likeness (QED) is 0.864. The molecule has 0 bridgehead atoms. The molecule has 0 aliphatic rings. The molecule has 2 atom stereocenters. The van der Waals surface area contributed by atoms with E-state index in [2.05, 4.69) is 6.92 Å². The first kappa shape index (κ1) is 16.7. The zero-order valence-electron chi connectivity index (χ0n) is 10.3. The second kappa shape index (κ2) is 7.93. The molecule has 0 saturated heterocycles. The fourth-order valence-corrected chi connectivity index (χ4v) is 2.04. The Balaban J connectivity index is 0.00000256. The Hall–Kier alpha value is -0.280. The number of rotatable bonds is 5. The molecule has 0 unspecified atom stereocenters. The van der Waals surface area contributed by atoms with Crippen LogP contribution >= 0.6 is 24.0 Å². The highest BCUT2D eigenvalue weighted by Gasteiger charge is 2.17. The third-order valence-electron chi connectivity index (χ3n) is 2.86. The molecule has 0 radical (unpaired) electrons. The van der Waals surface area contributed by atoms with Crippen molar-refractivity contribution in [3.05, 3.63) is 34.3 Å². The molecule has 0 heterocycles. The minimum Gasteiger partial charge on any atom is -0.391 e. The van der Waals surface area contributed by atoms with E-state index in [1.165, 1.54) is 0 Å². The maximum Gasteiger partial charge on any atom is 0.0732 e. The van der Waals surface area contributed by atoms with Crippen LogP contribution < -0.4 is 5.73 Å². The topological polar surface area (TPSA) is 46.2 Å². The third-order valence-corrected chi connectivity index (χ3v) is 3.09. The van der Waals surface area contributed by atoms with Crippen molar-refractivity contribution in [3.8, 4) is 0 Å². The molecule has 1 aromatic carbocycles. The van der Waals surface area contributed by atoms with Crippen molar-refractivity contribution in [2.75, 3.05) is 0 Å². The monoisotopic (exact) mass is 277 g/mol. The predicted molar refractivity (Wildman–Crippen MR) is 75.9 cm³/mol. The molecule has 2 nitrogen and oxygen atoms in total. The van der Waals surface area contributed by atoms with Gasteiger partial charge in [0.25, 0.3) is 0 Å². The summed E-state index contributed by atoms with van der Waals surface area (Å²) in [5.74, 6) is 0. The van der Waals surface area contributed by atoms with Gasteiger partial charge in [0, 0.05) is 5.02 Å². The Morgan fingerprint density at radius 1 is 1.41 bits per heavy atom. The van der Waals surface area contributed by atoms with Crippen LogP contribution in [-0.4, -0.2) is 11.2 Å². The van der Waals surface area contributed by atoms with Crippen molar-refractivity contribution in [1.29, 1.82) is 0 Å². The highest BCUT2D eigenvalue weighted by molar-refractivity contribution is 6.30. The zero-order chi connectivity index (χ0) is 12.1. The molecule has 0 saturated carbocycles. The first-order chi connectivity index (χ1) is 7.56. The fourth-order valence-electron chi connectivity index (χ4n) is 1.81. The third kappa shape index (κ3) is 4.84. The lowest BCUT2D eigenvalue weighted by Crippen LogP contribution is -2.26. The number of unbranched alkanes of at least 4 members (excludes halogenated alkanes) is 1. The largest absolute Gasteiger partial charge is 0.391 e. The Labute approximate surface area is 115 Å². The predicted octanol–water partition coefficient (Wildman–Crippen LogP) is 3.62. The van der Waals surface area contributed by atoms with Crippen molar-refractivity contribution < 1.29 is 5.11 Å². The van der Waals surface area contributed by atoms with Crippen LogP contribution in [0.1, 0.15) is 43.4 Å². The van der Waals surface area contributed by atoms with E-state index in [-0.39, 0.29) is 18.4 Å². The van der Waals surface area contributed by atoms with Gasteiger partial charge in [-0.05, 0) is 36.6 Å². The van der Waals surface area contributed by atoms with Gasteiger partial charge in [-0.25, -0.2) is 0 Å². The van der Waals surface area contributed by atoms with Crippen LogP contribution in [0.4, 0.5) is 0 Å². The zero-order valence-corrected chi connectivity index (χ0v) is 11.9. The van der Waals surface area contributed by atoms with Crippen LogP contribution in [0.15, 0.2) is 18.2 Å². The smallest absolute Gasteiger partial charge is 0.0732 e. The minimum atomic E-state index is -0.472. The lowest BCUT2D eigenvalue weighted by Gasteiger charge is -2.20. The van der Waals surface area contributed by atoms with Crippen LogP contribution in [0, 0.1) is 6.92 Å². The SMILES string of the molecule is CCCC[C@@H](O)[C@@H](N)c1ccc(Cl)cc1C.Cl. The van der Waals surface area contributed by atoms with Gasteiger partial charge >= 0.3 is 0 Å². The molecule has 0 amide bonds. The molecule has 3 N–H and O–H groups in total. The Morgan fingerprint density at radius 2 is 2.06 bits per heavy atom. The molecular weight excluding hydrogens is 257 g/mol.